The lowest BCUT2D eigenvalue weighted by Crippen LogP contribution is -2.60. The normalized spacial score (nSPS) is 25.4. The maximum absolute atomic E-state index is 12.0. The Morgan fingerprint density at radius 3 is 3.00 bits per heavy atom. The fourth-order valence-electron chi connectivity index (χ4n) is 2.70. The quantitative estimate of drug-likeness (QED) is 0.787. The van der Waals surface area contributed by atoms with Gasteiger partial charge in [-0.1, -0.05) is 18.2 Å². The predicted octanol–water partition coefficient (Wildman–Crippen LogP) is 1.44. The van der Waals surface area contributed by atoms with E-state index >= 15 is 0 Å². The Balaban J connectivity index is 1.86. The second-order valence-electron chi connectivity index (χ2n) is 5.16. The third-order valence-electron chi connectivity index (χ3n) is 3.82. The molecular formula is C15H19N3O2. The zero-order valence-corrected chi connectivity index (χ0v) is 11.4. The minimum Gasteiger partial charge on any atom is -0.376 e. The molecule has 106 valence electrons. The summed E-state index contributed by atoms with van der Waals surface area (Å²) in [4.78, 5) is 14.9. The number of H-pyrrole nitrogens is 1. The number of anilines is 1. The first-order valence-corrected chi connectivity index (χ1v) is 6.95. The summed E-state index contributed by atoms with van der Waals surface area (Å²) in [5, 5.41) is 4.90. The van der Waals surface area contributed by atoms with Crippen LogP contribution in [0.15, 0.2) is 35.1 Å². The van der Waals surface area contributed by atoms with Crippen molar-refractivity contribution in [3.63, 3.8) is 0 Å². The van der Waals surface area contributed by atoms with Crippen LogP contribution in [0, 0.1) is 0 Å². The Hall–Kier alpha value is -1.85. The Morgan fingerprint density at radius 1 is 1.45 bits per heavy atom. The molecule has 1 heterocycles. The van der Waals surface area contributed by atoms with Gasteiger partial charge in [-0.25, -0.2) is 0 Å². The van der Waals surface area contributed by atoms with Gasteiger partial charge in [0.1, 0.15) is 5.82 Å². The summed E-state index contributed by atoms with van der Waals surface area (Å²) >= 11 is 0. The molecule has 0 amide bonds. The summed E-state index contributed by atoms with van der Waals surface area (Å²) in [6, 6.07) is 9.56. The molecule has 3 unspecified atom stereocenters. The Labute approximate surface area is 117 Å². The summed E-state index contributed by atoms with van der Waals surface area (Å²) in [5.74, 6) is 0.693. The molecule has 4 N–H and O–H groups in total. The van der Waals surface area contributed by atoms with Crippen molar-refractivity contribution in [3.8, 4) is 0 Å². The summed E-state index contributed by atoms with van der Waals surface area (Å²) < 4.78 is 5.62. The van der Waals surface area contributed by atoms with E-state index in [0.29, 0.717) is 17.8 Å². The van der Waals surface area contributed by atoms with E-state index in [2.05, 4.69) is 10.3 Å². The van der Waals surface area contributed by atoms with E-state index in [0.717, 1.165) is 11.8 Å². The van der Waals surface area contributed by atoms with Gasteiger partial charge >= 0.3 is 0 Å². The number of hydrogen-bond donors (Lipinski definition) is 3. The van der Waals surface area contributed by atoms with Crippen LogP contribution in [0.2, 0.25) is 0 Å². The van der Waals surface area contributed by atoms with Crippen molar-refractivity contribution < 1.29 is 4.74 Å². The largest absolute Gasteiger partial charge is 0.376 e. The van der Waals surface area contributed by atoms with E-state index in [1.165, 1.54) is 0 Å². The number of nitrogens with one attached hydrogen (secondary N) is 2. The van der Waals surface area contributed by atoms with Gasteiger partial charge < -0.3 is 20.8 Å². The second-order valence-corrected chi connectivity index (χ2v) is 5.16. The van der Waals surface area contributed by atoms with Gasteiger partial charge in [-0.15, -0.1) is 0 Å². The fourth-order valence-corrected chi connectivity index (χ4v) is 2.70. The minimum absolute atomic E-state index is 0.0479. The van der Waals surface area contributed by atoms with Crippen molar-refractivity contribution in [1.29, 1.82) is 0 Å². The van der Waals surface area contributed by atoms with Gasteiger partial charge in [-0.05, 0) is 30.9 Å². The average molecular weight is 273 g/mol. The number of fused-ring (bicyclic) bond motifs is 1. The van der Waals surface area contributed by atoms with E-state index in [1.807, 2.05) is 37.3 Å². The SMILES string of the molecule is CCOC1CC(N)C1Nc1cc2ccccc2c(=O)[nH]1. The second kappa shape index (κ2) is 5.26. The number of pyridine rings is 1. The fraction of sp³-hybridized carbons (Fsp3) is 0.400. The number of nitrogens with two attached hydrogens (primary N) is 1. The van der Waals surface area contributed by atoms with Gasteiger partial charge in [0.2, 0.25) is 0 Å². The molecule has 3 atom stereocenters. The van der Waals surface area contributed by atoms with Crippen molar-refractivity contribution in [3.05, 3.63) is 40.7 Å². The number of hydrogen-bond acceptors (Lipinski definition) is 4. The number of benzene rings is 1. The maximum Gasteiger partial charge on any atom is 0.257 e. The van der Waals surface area contributed by atoms with E-state index in [9.17, 15) is 4.79 Å². The molecule has 2 aromatic rings. The van der Waals surface area contributed by atoms with Crippen LogP contribution in [0.5, 0.6) is 0 Å². The lowest BCUT2D eigenvalue weighted by molar-refractivity contribution is -0.0127. The highest BCUT2D eigenvalue weighted by molar-refractivity contribution is 5.83. The van der Waals surface area contributed by atoms with Gasteiger partial charge in [0.05, 0.1) is 12.1 Å². The van der Waals surface area contributed by atoms with Crippen LogP contribution in [-0.2, 0) is 4.74 Å². The molecule has 0 saturated heterocycles. The molecule has 1 aromatic carbocycles. The molecule has 20 heavy (non-hydrogen) atoms. The van der Waals surface area contributed by atoms with Crippen LogP contribution in [0.4, 0.5) is 5.82 Å². The van der Waals surface area contributed by atoms with Crippen LogP contribution in [0.25, 0.3) is 10.8 Å². The Kier molecular flexibility index (Phi) is 3.46. The van der Waals surface area contributed by atoms with Gasteiger partial charge in [-0.2, -0.15) is 0 Å². The van der Waals surface area contributed by atoms with Crippen LogP contribution in [-0.4, -0.2) is 29.8 Å². The molecule has 5 nitrogen and oxygen atoms in total. The predicted molar refractivity (Wildman–Crippen MR) is 80.0 cm³/mol. The molecule has 1 aromatic heterocycles. The molecular weight excluding hydrogens is 254 g/mol. The molecule has 0 bridgehead atoms. The number of aromatic nitrogens is 1. The van der Waals surface area contributed by atoms with Crippen LogP contribution >= 0.6 is 0 Å². The number of rotatable bonds is 4. The van der Waals surface area contributed by atoms with E-state index in [4.69, 9.17) is 10.5 Å². The molecule has 1 aliphatic rings. The highest BCUT2D eigenvalue weighted by Gasteiger charge is 2.39. The summed E-state index contributed by atoms with van der Waals surface area (Å²) in [5.41, 5.74) is 5.92. The zero-order valence-electron chi connectivity index (χ0n) is 11.4. The first-order valence-electron chi connectivity index (χ1n) is 6.95. The van der Waals surface area contributed by atoms with Gasteiger partial charge in [-0.3, -0.25) is 4.79 Å². The average Bonchev–Trinajstić information content (AvgIpc) is 2.45. The van der Waals surface area contributed by atoms with Gasteiger partial charge in [0.15, 0.2) is 0 Å². The van der Waals surface area contributed by atoms with Crippen LogP contribution in [0.1, 0.15) is 13.3 Å². The van der Waals surface area contributed by atoms with E-state index < -0.39 is 0 Å². The Morgan fingerprint density at radius 2 is 2.25 bits per heavy atom. The standard InChI is InChI=1S/C15H19N3O2/c1-2-20-12-8-11(16)14(12)17-13-7-9-5-3-4-6-10(9)15(19)18-13/h3-7,11-12,14H,2,8,16H2,1H3,(H2,17,18,19). The minimum atomic E-state index is -0.0912. The van der Waals surface area contributed by atoms with E-state index in [1.54, 1.807) is 0 Å². The third kappa shape index (κ3) is 2.30. The van der Waals surface area contributed by atoms with Crippen LogP contribution in [0.3, 0.4) is 0 Å². The smallest absolute Gasteiger partial charge is 0.257 e. The highest BCUT2D eigenvalue weighted by Crippen LogP contribution is 2.26. The third-order valence-corrected chi connectivity index (χ3v) is 3.82. The molecule has 3 rings (SSSR count). The molecule has 0 aliphatic heterocycles. The van der Waals surface area contributed by atoms with Gasteiger partial charge in [0, 0.05) is 18.0 Å². The summed E-state index contributed by atoms with van der Waals surface area (Å²) in [6.45, 7) is 2.64. The van der Waals surface area contributed by atoms with Crippen LogP contribution < -0.4 is 16.6 Å². The monoisotopic (exact) mass is 273 g/mol. The summed E-state index contributed by atoms with van der Waals surface area (Å²) in [6.07, 6.45) is 0.966. The first kappa shape index (κ1) is 13.1. The highest BCUT2D eigenvalue weighted by atomic mass is 16.5. The molecule has 0 radical (unpaired) electrons. The van der Waals surface area contributed by atoms with Crippen molar-refractivity contribution >= 4 is 16.6 Å². The lowest BCUT2D eigenvalue weighted by atomic mass is 9.83. The first-order chi connectivity index (χ1) is 9.69. The number of ether oxygens (including phenoxy) is 1. The molecule has 1 saturated carbocycles. The molecule has 1 fully saturated rings. The van der Waals surface area contributed by atoms with Crippen molar-refractivity contribution in [2.45, 2.75) is 31.5 Å². The van der Waals surface area contributed by atoms with E-state index in [-0.39, 0.29) is 23.7 Å². The lowest BCUT2D eigenvalue weighted by Gasteiger charge is -2.42. The topological polar surface area (TPSA) is 80.1 Å². The summed E-state index contributed by atoms with van der Waals surface area (Å²) in [7, 11) is 0. The molecule has 0 spiro atoms. The van der Waals surface area contributed by atoms with Crippen molar-refractivity contribution in [2.75, 3.05) is 11.9 Å². The number of aromatic amines is 1. The molecule has 1 aliphatic carbocycles. The Bertz CT molecular complexity index is 665. The van der Waals surface area contributed by atoms with Crippen molar-refractivity contribution in [1.82, 2.24) is 4.98 Å². The maximum atomic E-state index is 12.0. The van der Waals surface area contributed by atoms with Crippen molar-refractivity contribution in [2.24, 2.45) is 5.73 Å². The zero-order chi connectivity index (χ0) is 14.1. The molecule has 5 heteroatoms. The van der Waals surface area contributed by atoms with Gasteiger partial charge in [0.25, 0.3) is 5.56 Å².